The Balaban J connectivity index is 0.000000606. The van der Waals surface area contributed by atoms with Gasteiger partial charge in [0.05, 0.1) is 0 Å². The molecule has 16 heavy (non-hydrogen) atoms. The Hall–Kier alpha value is -0.0800. The van der Waals surface area contributed by atoms with Crippen LogP contribution in [0.5, 0.6) is 0 Å². The monoisotopic (exact) mass is 226 g/mol. The molecule has 1 saturated heterocycles. The molecule has 2 unspecified atom stereocenters. The molecule has 1 aliphatic carbocycles. The minimum absolute atomic E-state index is 0.725. The van der Waals surface area contributed by atoms with E-state index in [-0.39, 0.29) is 0 Å². The molecule has 1 aliphatic heterocycles. The molecule has 1 heterocycles. The normalized spacial score (nSPS) is 28.9. The third-order valence-corrected chi connectivity index (χ3v) is 3.99. The van der Waals surface area contributed by atoms with Crippen molar-refractivity contribution in [3.05, 3.63) is 0 Å². The molecule has 0 radical (unpaired) electrons. The summed E-state index contributed by atoms with van der Waals surface area (Å²) in [6.45, 7) is 8.96. The summed E-state index contributed by atoms with van der Waals surface area (Å²) in [5, 5.41) is 3.81. The lowest BCUT2D eigenvalue weighted by Gasteiger charge is -2.24. The van der Waals surface area contributed by atoms with Crippen LogP contribution in [-0.4, -0.2) is 37.1 Å². The Kier molecular flexibility index (Phi) is 6.37. The van der Waals surface area contributed by atoms with Gasteiger partial charge in [0, 0.05) is 18.6 Å². The molecule has 2 nitrogen and oxygen atoms in total. The van der Waals surface area contributed by atoms with Gasteiger partial charge in [0.25, 0.3) is 0 Å². The van der Waals surface area contributed by atoms with Crippen molar-refractivity contribution in [3.8, 4) is 0 Å². The highest BCUT2D eigenvalue weighted by Crippen LogP contribution is 2.22. The van der Waals surface area contributed by atoms with Gasteiger partial charge in [-0.2, -0.15) is 0 Å². The first-order valence-corrected chi connectivity index (χ1v) is 7.20. The Morgan fingerprint density at radius 2 is 1.75 bits per heavy atom. The molecule has 2 rings (SSSR count). The maximum absolute atomic E-state index is 3.81. The van der Waals surface area contributed by atoms with Gasteiger partial charge in [-0.1, -0.05) is 26.7 Å². The summed E-state index contributed by atoms with van der Waals surface area (Å²) in [4.78, 5) is 2.46. The van der Waals surface area contributed by atoms with E-state index in [1.807, 2.05) is 13.8 Å². The fourth-order valence-electron chi connectivity index (χ4n) is 2.98. The van der Waals surface area contributed by atoms with Crippen molar-refractivity contribution in [2.24, 2.45) is 5.92 Å². The van der Waals surface area contributed by atoms with Crippen LogP contribution in [0.25, 0.3) is 0 Å². The first-order chi connectivity index (χ1) is 7.75. The van der Waals surface area contributed by atoms with Crippen molar-refractivity contribution < 1.29 is 0 Å². The van der Waals surface area contributed by atoms with Crippen LogP contribution < -0.4 is 5.32 Å². The van der Waals surface area contributed by atoms with Gasteiger partial charge in [0.2, 0.25) is 0 Å². The summed E-state index contributed by atoms with van der Waals surface area (Å²) in [7, 11) is 2.24. The summed E-state index contributed by atoms with van der Waals surface area (Å²) in [5.41, 5.74) is 0. The molecule has 2 aliphatic rings. The summed E-state index contributed by atoms with van der Waals surface area (Å²) in [5.74, 6) is 0.889. The third-order valence-electron chi connectivity index (χ3n) is 3.99. The fourth-order valence-corrected chi connectivity index (χ4v) is 2.98. The second-order valence-electron chi connectivity index (χ2n) is 5.25. The summed E-state index contributed by atoms with van der Waals surface area (Å²) >= 11 is 0. The summed E-state index contributed by atoms with van der Waals surface area (Å²) in [6, 6.07) is 1.55. The topological polar surface area (TPSA) is 15.3 Å². The van der Waals surface area contributed by atoms with E-state index in [2.05, 4.69) is 24.2 Å². The summed E-state index contributed by atoms with van der Waals surface area (Å²) in [6.07, 6.45) is 7.08. The first-order valence-electron chi connectivity index (χ1n) is 7.20. The van der Waals surface area contributed by atoms with Gasteiger partial charge < -0.3 is 10.2 Å². The standard InChI is InChI=1S/C12H24N2.C2H6/c1-10(11-7-8-14(2)9-11)13-12-5-3-4-6-12;1-2/h10-13H,3-9H2,1-2H3;1-2H3. The van der Waals surface area contributed by atoms with Crippen LogP contribution in [0, 0.1) is 5.92 Å². The number of nitrogens with one attached hydrogen (secondary N) is 1. The lowest BCUT2D eigenvalue weighted by molar-refractivity contribution is 0.324. The van der Waals surface area contributed by atoms with Crippen molar-refractivity contribution in [1.82, 2.24) is 10.2 Å². The average molecular weight is 226 g/mol. The molecular formula is C14H30N2. The molecule has 2 fully saturated rings. The zero-order chi connectivity index (χ0) is 12.0. The largest absolute Gasteiger partial charge is 0.311 e. The van der Waals surface area contributed by atoms with Gasteiger partial charge in [-0.25, -0.2) is 0 Å². The van der Waals surface area contributed by atoms with Crippen molar-refractivity contribution in [1.29, 1.82) is 0 Å². The lowest BCUT2D eigenvalue weighted by atomic mass is 9.99. The molecule has 2 heteroatoms. The number of hydrogen-bond acceptors (Lipinski definition) is 2. The predicted molar refractivity (Wildman–Crippen MR) is 71.8 cm³/mol. The number of nitrogens with zero attached hydrogens (tertiary/aromatic N) is 1. The second-order valence-corrected chi connectivity index (χ2v) is 5.25. The molecule has 1 saturated carbocycles. The second kappa shape index (κ2) is 7.29. The van der Waals surface area contributed by atoms with E-state index >= 15 is 0 Å². The van der Waals surface area contributed by atoms with Crippen LogP contribution in [0.3, 0.4) is 0 Å². The lowest BCUT2D eigenvalue weighted by Crippen LogP contribution is -2.40. The first kappa shape index (κ1) is 14.0. The van der Waals surface area contributed by atoms with Gasteiger partial charge in [-0.05, 0) is 45.7 Å². The van der Waals surface area contributed by atoms with Crippen LogP contribution in [0.4, 0.5) is 0 Å². The minimum atomic E-state index is 0.725. The Labute approximate surface area is 102 Å². The van der Waals surface area contributed by atoms with E-state index in [1.54, 1.807) is 0 Å². The van der Waals surface area contributed by atoms with Gasteiger partial charge in [-0.15, -0.1) is 0 Å². The molecular weight excluding hydrogens is 196 g/mol. The molecule has 0 aromatic heterocycles. The molecule has 0 aromatic rings. The van der Waals surface area contributed by atoms with Gasteiger partial charge >= 0.3 is 0 Å². The predicted octanol–water partition coefficient (Wildman–Crippen LogP) is 2.89. The zero-order valence-corrected chi connectivity index (χ0v) is 11.6. The summed E-state index contributed by atoms with van der Waals surface area (Å²) < 4.78 is 0. The fraction of sp³-hybridized carbons (Fsp3) is 1.00. The van der Waals surface area contributed by atoms with Crippen LogP contribution in [0.2, 0.25) is 0 Å². The maximum Gasteiger partial charge on any atom is 0.00822 e. The van der Waals surface area contributed by atoms with Gasteiger partial charge in [-0.3, -0.25) is 0 Å². The van der Waals surface area contributed by atoms with Gasteiger partial charge in [0.1, 0.15) is 0 Å². The quantitative estimate of drug-likeness (QED) is 0.796. The highest BCUT2D eigenvalue weighted by atomic mass is 15.1. The Morgan fingerprint density at radius 1 is 1.12 bits per heavy atom. The number of rotatable bonds is 3. The van der Waals surface area contributed by atoms with Crippen molar-refractivity contribution >= 4 is 0 Å². The molecule has 1 N–H and O–H groups in total. The van der Waals surface area contributed by atoms with E-state index < -0.39 is 0 Å². The maximum atomic E-state index is 3.81. The molecule has 0 amide bonds. The van der Waals surface area contributed by atoms with E-state index in [9.17, 15) is 0 Å². The van der Waals surface area contributed by atoms with E-state index in [0.717, 1.165) is 18.0 Å². The SMILES string of the molecule is CC.CC(NC1CCCC1)C1CCN(C)C1. The van der Waals surface area contributed by atoms with Crippen LogP contribution in [0.15, 0.2) is 0 Å². The minimum Gasteiger partial charge on any atom is -0.311 e. The number of likely N-dealkylation sites (tertiary alicyclic amines) is 1. The van der Waals surface area contributed by atoms with Crippen molar-refractivity contribution in [2.45, 2.75) is 65.0 Å². The highest BCUT2D eigenvalue weighted by Gasteiger charge is 2.27. The van der Waals surface area contributed by atoms with E-state index in [0.29, 0.717) is 0 Å². The Bertz CT molecular complexity index is 176. The Morgan fingerprint density at radius 3 is 2.25 bits per heavy atom. The molecule has 96 valence electrons. The van der Waals surface area contributed by atoms with Crippen molar-refractivity contribution in [2.75, 3.05) is 20.1 Å². The molecule has 0 spiro atoms. The van der Waals surface area contributed by atoms with E-state index in [4.69, 9.17) is 0 Å². The molecule has 0 bridgehead atoms. The third kappa shape index (κ3) is 4.06. The van der Waals surface area contributed by atoms with Crippen LogP contribution in [0.1, 0.15) is 52.9 Å². The average Bonchev–Trinajstić information content (AvgIpc) is 2.92. The molecule has 0 aromatic carbocycles. The van der Waals surface area contributed by atoms with Crippen LogP contribution in [-0.2, 0) is 0 Å². The highest BCUT2D eigenvalue weighted by molar-refractivity contribution is 4.85. The van der Waals surface area contributed by atoms with E-state index in [1.165, 1.54) is 45.2 Å². The van der Waals surface area contributed by atoms with Crippen LogP contribution >= 0.6 is 0 Å². The smallest absolute Gasteiger partial charge is 0.00822 e. The molecule has 2 atom stereocenters. The van der Waals surface area contributed by atoms with Crippen molar-refractivity contribution in [3.63, 3.8) is 0 Å². The zero-order valence-electron chi connectivity index (χ0n) is 11.6. The van der Waals surface area contributed by atoms with Gasteiger partial charge in [0.15, 0.2) is 0 Å². The number of hydrogen-bond donors (Lipinski definition) is 1.